The number of hydrogen-bond donors (Lipinski definition) is 2. The summed E-state index contributed by atoms with van der Waals surface area (Å²) in [7, 11) is 1.65. The van der Waals surface area contributed by atoms with Gasteiger partial charge in [-0.25, -0.2) is 9.37 Å². The number of halogens is 1. The van der Waals surface area contributed by atoms with E-state index in [-0.39, 0.29) is 17.0 Å². The monoisotopic (exact) mass is 223 g/mol. The van der Waals surface area contributed by atoms with Gasteiger partial charge in [0.1, 0.15) is 11.6 Å². The van der Waals surface area contributed by atoms with Gasteiger partial charge in [-0.2, -0.15) is 0 Å². The Hall–Kier alpha value is -1.65. The maximum Gasteiger partial charge on any atom is 0.255 e. The molecule has 1 saturated carbocycles. The molecular formula is C11H14FN3O. The summed E-state index contributed by atoms with van der Waals surface area (Å²) in [5.74, 6) is -0.399. The van der Waals surface area contributed by atoms with Crippen molar-refractivity contribution in [1.29, 1.82) is 0 Å². The summed E-state index contributed by atoms with van der Waals surface area (Å²) in [5, 5.41) is 5.63. The Morgan fingerprint density at radius 2 is 2.25 bits per heavy atom. The molecule has 0 unspecified atom stereocenters. The van der Waals surface area contributed by atoms with Gasteiger partial charge in [0.05, 0.1) is 11.8 Å². The number of hydrogen-bond acceptors (Lipinski definition) is 3. The van der Waals surface area contributed by atoms with Crippen LogP contribution in [0.2, 0.25) is 0 Å². The lowest BCUT2D eigenvalue weighted by Gasteiger charge is -2.13. The Morgan fingerprint density at radius 3 is 2.81 bits per heavy atom. The van der Waals surface area contributed by atoms with Gasteiger partial charge in [-0.3, -0.25) is 4.79 Å². The standard InChI is InChI=1S/C11H14FN3O/c1-11(3-4-11)15-10(16)8-5-7(12)6-14-9(8)13-2/h5-6H,3-4H2,1-2H3,(H,13,14)(H,15,16). The Balaban J connectivity index is 2.24. The van der Waals surface area contributed by atoms with Gasteiger partial charge in [0, 0.05) is 12.6 Å². The van der Waals surface area contributed by atoms with Crippen LogP contribution < -0.4 is 10.6 Å². The van der Waals surface area contributed by atoms with Crippen LogP contribution in [0.5, 0.6) is 0 Å². The predicted molar refractivity (Wildman–Crippen MR) is 58.8 cm³/mol. The zero-order valence-corrected chi connectivity index (χ0v) is 9.30. The molecular weight excluding hydrogens is 209 g/mol. The first-order valence-electron chi connectivity index (χ1n) is 5.20. The van der Waals surface area contributed by atoms with Crippen molar-refractivity contribution in [2.75, 3.05) is 12.4 Å². The van der Waals surface area contributed by atoms with Crippen molar-refractivity contribution in [2.24, 2.45) is 0 Å². The van der Waals surface area contributed by atoms with Crippen LogP contribution in [0.4, 0.5) is 10.2 Å². The molecule has 0 bridgehead atoms. The predicted octanol–water partition coefficient (Wildman–Crippen LogP) is 1.54. The Kier molecular flexibility index (Phi) is 2.53. The molecule has 2 rings (SSSR count). The van der Waals surface area contributed by atoms with Crippen LogP contribution in [0.15, 0.2) is 12.3 Å². The van der Waals surface area contributed by atoms with Gasteiger partial charge in [-0.15, -0.1) is 0 Å². The van der Waals surface area contributed by atoms with E-state index < -0.39 is 5.82 Å². The van der Waals surface area contributed by atoms with Crippen LogP contribution in [0.25, 0.3) is 0 Å². The second kappa shape index (κ2) is 3.73. The number of carbonyl (C=O) groups excluding carboxylic acids is 1. The Bertz CT molecular complexity index is 429. The molecule has 86 valence electrons. The van der Waals surface area contributed by atoms with E-state index in [1.165, 1.54) is 6.07 Å². The van der Waals surface area contributed by atoms with Crippen molar-refractivity contribution in [3.8, 4) is 0 Å². The molecule has 0 spiro atoms. The second-order valence-corrected chi connectivity index (χ2v) is 4.31. The van der Waals surface area contributed by atoms with Crippen LogP contribution in [-0.4, -0.2) is 23.5 Å². The SMILES string of the molecule is CNc1ncc(F)cc1C(=O)NC1(C)CC1. The van der Waals surface area contributed by atoms with Crippen molar-refractivity contribution in [1.82, 2.24) is 10.3 Å². The van der Waals surface area contributed by atoms with Gasteiger partial charge in [0.2, 0.25) is 0 Å². The molecule has 1 fully saturated rings. The third kappa shape index (κ3) is 2.13. The molecule has 2 N–H and O–H groups in total. The van der Waals surface area contributed by atoms with Gasteiger partial charge in [-0.1, -0.05) is 0 Å². The van der Waals surface area contributed by atoms with Crippen molar-refractivity contribution in [3.05, 3.63) is 23.6 Å². The summed E-state index contributed by atoms with van der Waals surface area (Å²) >= 11 is 0. The smallest absolute Gasteiger partial charge is 0.255 e. The summed E-state index contributed by atoms with van der Waals surface area (Å²) in [4.78, 5) is 15.7. The van der Waals surface area contributed by atoms with E-state index in [1.54, 1.807) is 7.05 Å². The molecule has 0 atom stereocenters. The molecule has 1 aliphatic rings. The van der Waals surface area contributed by atoms with Crippen LogP contribution in [-0.2, 0) is 0 Å². The zero-order chi connectivity index (χ0) is 11.8. The highest BCUT2D eigenvalue weighted by Crippen LogP contribution is 2.34. The molecule has 1 aromatic rings. The lowest BCUT2D eigenvalue weighted by atomic mass is 10.2. The minimum absolute atomic E-state index is 0.117. The topological polar surface area (TPSA) is 54.0 Å². The highest BCUT2D eigenvalue weighted by molar-refractivity contribution is 5.99. The lowest BCUT2D eigenvalue weighted by molar-refractivity contribution is 0.0935. The lowest BCUT2D eigenvalue weighted by Crippen LogP contribution is -2.34. The highest BCUT2D eigenvalue weighted by Gasteiger charge is 2.39. The van der Waals surface area contributed by atoms with E-state index >= 15 is 0 Å². The number of nitrogens with zero attached hydrogens (tertiary/aromatic N) is 1. The van der Waals surface area contributed by atoms with Gasteiger partial charge in [-0.05, 0) is 25.8 Å². The van der Waals surface area contributed by atoms with E-state index in [0.717, 1.165) is 19.0 Å². The minimum Gasteiger partial charge on any atom is -0.372 e. The van der Waals surface area contributed by atoms with E-state index in [9.17, 15) is 9.18 Å². The van der Waals surface area contributed by atoms with Gasteiger partial charge in [0.25, 0.3) is 5.91 Å². The summed E-state index contributed by atoms with van der Waals surface area (Å²) < 4.78 is 13.0. The van der Waals surface area contributed by atoms with E-state index in [1.807, 2.05) is 6.92 Å². The van der Waals surface area contributed by atoms with Gasteiger partial charge in [0.15, 0.2) is 0 Å². The molecule has 1 amide bonds. The number of carbonyl (C=O) groups is 1. The minimum atomic E-state index is -0.509. The highest BCUT2D eigenvalue weighted by atomic mass is 19.1. The maximum absolute atomic E-state index is 13.0. The van der Waals surface area contributed by atoms with Crippen LogP contribution in [0, 0.1) is 5.82 Å². The van der Waals surface area contributed by atoms with Gasteiger partial charge < -0.3 is 10.6 Å². The van der Waals surface area contributed by atoms with Crippen LogP contribution >= 0.6 is 0 Å². The molecule has 0 saturated heterocycles. The fourth-order valence-electron chi connectivity index (χ4n) is 1.47. The maximum atomic E-state index is 13.0. The van der Waals surface area contributed by atoms with E-state index in [0.29, 0.717) is 5.82 Å². The molecule has 0 aliphatic heterocycles. The van der Waals surface area contributed by atoms with E-state index in [2.05, 4.69) is 15.6 Å². The molecule has 1 aromatic heterocycles. The third-order valence-electron chi connectivity index (χ3n) is 2.75. The van der Waals surface area contributed by atoms with Gasteiger partial charge >= 0.3 is 0 Å². The summed E-state index contributed by atoms with van der Waals surface area (Å²) in [6.45, 7) is 1.97. The number of pyridine rings is 1. The average Bonchev–Trinajstić information content (AvgIpc) is 2.96. The molecule has 1 aliphatic carbocycles. The van der Waals surface area contributed by atoms with Crippen molar-refractivity contribution in [2.45, 2.75) is 25.3 Å². The Morgan fingerprint density at radius 1 is 1.56 bits per heavy atom. The number of aromatic nitrogens is 1. The summed E-state index contributed by atoms with van der Waals surface area (Å²) in [6, 6.07) is 1.19. The number of anilines is 1. The van der Waals surface area contributed by atoms with E-state index in [4.69, 9.17) is 0 Å². The third-order valence-corrected chi connectivity index (χ3v) is 2.75. The largest absolute Gasteiger partial charge is 0.372 e. The molecule has 1 heterocycles. The molecule has 0 radical (unpaired) electrons. The Labute approximate surface area is 93.3 Å². The van der Waals surface area contributed by atoms with Crippen LogP contribution in [0.1, 0.15) is 30.1 Å². The van der Waals surface area contributed by atoms with Crippen LogP contribution in [0.3, 0.4) is 0 Å². The van der Waals surface area contributed by atoms with Crippen molar-refractivity contribution < 1.29 is 9.18 Å². The quantitative estimate of drug-likeness (QED) is 0.817. The zero-order valence-electron chi connectivity index (χ0n) is 9.30. The first kappa shape index (κ1) is 10.9. The average molecular weight is 223 g/mol. The summed E-state index contributed by atoms with van der Waals surface area (Å²) in [6.07, 6.45) is 3.02. The summed E-state index contributed by atoms with van der Waals surface area (Å²) in [5.41, 5.74) is 0.129. The van der Waals surface area contributed by atoms with Crippen molar-refractivity contribution >= 4 is 11.7 Å². The molecule has 16 heavy (non-hydrogen) atoms. The second-order valence-electron chi connectivity index (χ2n) is 4.31. The molecule has 0 aromatic carbocycles. The number of rotatable bonds is 3. The normalized spacial score (nSPS) is 16.7. The molecule has 4 nitrogen and oxygen atoms in total. The number of amides is 1. The fourth-order valence-corrected chi connectivity index (χ4v) is 1.47. The first-order valence-corrected chi connectivity index (χ1v) is 5.20. The first-order chi connectivity index (χ1) is 7.54. The number of nitrogens with one attached hydrogen (secondary N) is 2. The molecule has 5 heteroatoms. The van der Waals surface area contributed by atoms with Crippen molar-refractivity contribution in [3.63, 3.8) is 0 Å². The fraction of sp³-hybridized carbons (Fsp3) is 0.455.